The Bertz CT molecular complexity index is 1430. The van der Waals surface area contributed by atoms with Crippen LogP contribution < -0.4 is 4.74 Å². The molecule has 39 heavy (non-hydrogen) atoms. The van der Waals surface area contributed by atoms with Crippen molar-refractivity contribution in [2.75, 3.05) is 26.3 Å². The van der Waals surface area contributed by atoms with Gasteiger partial charge in [0.15, 0.2) is 0 Å². The smallest absolute Gasteiger partial charge is 0.144 e. The van der Waals surface area contributed by atoms with Crippen LogP contribution in [-0.2, 0) is 16.0 Å². The topological polar surface area (TPSA) is 67.5 Å². The molecule has 1 unspecified atom stereocenters. The van der Waals surface area contributed by atoms with E-state index >= 15 is 0 Å². The number of ether oxygens (including phenoxy) is 2. The van der Waals surface area contributed by atoms with Gasteiger partial charge in [0, 0.05) is 36.4 Å². The number of nitrogens with one attached hydrogen (secondary N) is 1. The van der Waals surface area contributed by atoms with Crippen molar-refractivity contribution in [3.8, 4) is 17.0 Å². The van der Waals surface area contributed by atoms with E-state index in [1.165, 1.54) is 0 Å². The maximum Gasteiger partial charge on any atom is 0.144 e. The van der Waals surface area contributed by atoms with Gasteiger partial charge in [0.2, 0.25) is 0 Å². The first-order valence-corrected chi connectivity index (χ1v) is 14.3. The van der Waals surface area contributed by atoms with E-state index in [0.717, 1.165) is 91.0 Å². The monoisotopic (exact) mass is 521 g/mol. The average molecular weight is 522 g/mol. The van der Waals surface area contributed by atoms with Crippen LogP contribution >= 0.6 is 0 Å². The van der Waals surface area contributed by atoms with E-state index < -0.39 is 0 Å². The summed E-state index contributed by atoms with van der Waals surface area (Å²) in [4.78, 5) is 16.0. The number of likely N-dealkylation sites (tertiary alicyclic amines) is 1. The molecule has 0 radical (unpaired) electrons. The van der Waals surface area contributed by atoms with Gasteiger partial charge in [-0.2, -0.15) is 5.10 Å². The number of aromatic nitrogens is 2. The maximum absolute atomic E-state index is 13.4. The molecular formula is C33H35N3O3. The highest BCUT2D eigenvalue weighted by atomic mass is 16.5. The number of hydrogen-bond donors (Lipinski definition) is 1. The number of Topliss-reactive ketones (excluding diaryl/α,β-unsaturated/α-hetero) is 1. The van der Waals surface area contributed by atoms with Crippen LogP contribution in [0.15, 0.2) is 72.8 Å². The Morgan fingerprint density at radius 2 is 1.74 bits per heavy atom. The van der Waals surface area contributed by atoms with Crippen molar-refractivity contribution in [2.24, 2.45) is 5.92 Å². The molecule has 2 saturated heterocycles. The molecule has 200 valence electrons. The van der Waals surface area contributed by atoms with Gasteiger partial charge >= 0.3 is 0 Å². The Morgan fingerprint density at radius 3 is 2.44 bits per heavy atom. The summed E-state index contributed by atoms with van der Waals surface area (Å²) in [6.07, 6.45) is 5.09. The number of hydrogen-bond acceptors (Lipinski definition) is 5. The van der Waals surface area contributed by atoms with Crippen molar-refractivity contribution < 1.29 is 14.3 Å². The first-order chi connectivity index (χ1) is 19.2. The number of piperidine rings is 1. The second-order valence-electron chi connectivity index (χ2n) is 11.4. The fraction of sp³-hybridized carbons (Fsp3) is 0.394. The molecule has 1 N–H and O–H groups in total. The van der Waals surface area contributed by atoms with Crippen LogP contribution in [0.5, 0.6) is 5.75 Å². The molecule has 3 fully saturated rings. The van der Waals surface area contributed by atoms with Crippen molar-refractivity contribution >= 4 is 16.7 Å². The highest BCUT2D eigenvalue weighted by molar-refractivity contribution is 5.95. The zero-order chi connectivity index (χ0) is 26.2. The molecule has 6 nitrogen and oxygen atoms in total. The minimum Gasteiger partial charge on any atom is -0.490 e. The van der Waals surface area contributed by atoms with Crippen LogP contribution in [-0.4, -0.2) is 59.3 Å². The van der Waals surface area contributed by atoms with E-state index in [9.17, 15) is 4.79 Å². The third kappa shape index (κ3) is 5.23. The van der Waals surface area contributed by atoms with Gasteiger partial charge in [-0.1, -0.05) is 36.4 Å². The molecule has 1 saturated carbocycles. The molecule has 0 spiro atoms. The summed E-state index contributed by atoms with van der Waals surface area (Å²) in [5, 5.41) is 8.84. The van der Waals surface area contributed by atoms with Crippen molar-refractivity contribution in [3.63, 3.8) is 0 Å². The number of aromatic amines is 1. The van der Waals surface area contributed by atoms with Crippen LogP contribution in [0.25, 0.3) is 22.2 Å². The fourth-order valence-corrected chi connectivity index (χ4v) is 6.19. The van der Waals surface area contributed by atoms with Gasteiger partial charge in [-0.3, -0.25) is 14.8 Å². The van der Waals surface area contributed by atoms with E-state index in [1.807, 2.05) is 24.3 Å². The number of carbonyl (C=O) groups is 1. The van der Waals surface area contributed by atoms with Crippen LogP contribution in [0.1, 0.15) is 42.7 Å². The van der Waals surface area contributed by atoms with E-state index in [-0.39, 0.29) is 12.0 Å². The summed E-state index contributed by atoms with van der Waals surface area (Å²) in [6, 6.07) is 25.4. The molecular weight excluding hydrogens is 486 g/mol. The van der Waals surface area contributed by atoms with Gasteiger partial charge in [0.25, 0.3) is 0 Å². The van der Waals surface area contributed by atoms with Gasteiger partial charge < -0.3 is 9.47 Å². The lowest BCUT2D eigenvalue weighted by Crippen LogP contribution is -2.52. The summed E-state index contributed by atoms with van der Waals surface area (Å²) in [6.45, 7) is 3.91. The number of fused-ring (bicyclic) bond motifs is 1. The SMILES string of the molecule is O=C(Cc1ccc2[nH]nc(-c3ccc(OC4CCN(C5COC5)CC4)cc3)c2c1)C(c1ccccc1)C1CC1. The lowest BCUT2D eigenvalue weighted by atomic mass is 9.87. The van der Waals surface area contributed by atoms with Crippen molar-refractivity contribution in [3.05, 3.63) is 83.9 Å². The van der Waals surface area contributed by atoms with Crippen LogP contribution in [0.3, 0.4) is 0 Å². The van der Waals surface area contributed by atoms with Gasteiger partial charge in [0.05, 0.1) is 30.5 Å². The van der Waals surface area contributed by atoms with Crippen LogP contribution in [0, 0.1) is 5.92 Å². The van der Waals surface area contributed by atoms with Crippen molar-refractivity contribution in [1.82, 2.24) is 15.1 Å². The van der Waals surface area contributed by atoms with Crippen LogP contribution in [0.2, 0.25) is 0 Å². The Labute approximate surface area is 229 Å². The minimum absolute atomic E-state index is 0.00211. The highest BCUT2D eigenvalue weighted by Crippen LogP contribution is 2.43. The molecule has 0 bridgehead atoms. The average Bonchev–Trinajstić information content (AvgIpc) is 3.68. The molecule has 2 aliphatic heterocycles. The van der Waals surface area contributed by atoms with Gasteiger partial charge in [0.1, 0.15) is 17.6 Å². The number of benzene rings is 3. The molecule has 3 heterocycles. The van der Waals surface area contributed by atoms with E-state index in [1.54, 1.807) is 0 Å². The highest BCUT2D eigenvalue weighted by Gasteiger charge is 2.36. The molecule has 1 aliphatic carbocycles. The van der Waals surface area contributed by atoms with Crippen LogP contribution in [0.4, 0.5) is 0 Å². The quantitative estimate of drug-likeness (QED) is 0.303. The van der Waals surface area contributed by atoms with Gasteiger partial charge in [-0.05, 0) is 79.1 Å². The van der Waals surface area contributed by atoms with Gasteiger partial charge in [-0.15, -0.1) is 0 Å². The Morgan fingerprint density at radius 1 is 0.974 bits per heavy atom. The van der Waals surface area contributed by atoms with Crippen molar-refractivity contribution in [2.45, 2.75) is 50.2 Å². The number of H-pyrrole nitrogens is 1. The first-order valence-electron chi connectivity index (χ1n) is 14.3. The Kier molecular flexibility index (Phi) is 6.67. The molecule has 1 aromatic heterocycles. The molecule has 3 aromatic carbocycles. The molecule has 0 amide bonds. The molecule has 1 atom stereocenters. The van der Waals surface area contributed by atoms with Gasteiger partial charge in [-0.25, -0.2) is 0 Å². The number of rotatable bonds is 9. The molecule has 3 aliphatic rings. The Hall–Kier alpha value is -3.48. The standard InChI is InChI=1S/C33H35N3O3/c37-31(32(24-7-8-24)23-4-2-1-3-5-23)19-22-6-13-30-29(18-22)33(35-34-30)25-9-11-27(12-10-25)39-28-14-16-36(17-15-28)26-20-38-21-26/h1-6,9-13,18,24,26,28,32H,7-8,14-17,19-21H2,(H,34,35). The minimum atomic E-state index is -0.00211. The normalized spacial score (nSPS) is 19.6. The van der Waals surface area contributed by atoms with E-state index in [4.69, 9.17) is 9.47 Å². The third-order valence-corrected chi connectivity index (χ3v) is 8.65. The first kappa shape index (κ1) is 24.6. The Balaban J connectivity index is 1.04. The summed E-state index contributed by atoms with van der Waals surface area (Å²) >= 11 is 0. The maximum atomic E-state index is 13.4. The fourth-order valence-electron chi connectivity index (χ4n) is 6.19. The van der Waals surface area contributed by atoms with E-state index in [2.05, 4.69) is 63.6 Å². The number of ketones is 1. The third-order valence-electron chi connectivity index (χ3n) is 8.65. The molecule has 4 aromatic rings. The second-order valence-corrected chi connectivity index (χ2v) is 11.4. The van der Waals surface area contributed by atoms with E-state index in [0.29, 0.717) is 24.2 Å². The lowest BCUT2D eigenvalue weighted by molar-refractivity contribution is -0.120. The summed E-state index contributed by atoms with van der Waals surface area (Å²) < 4.78 is 11.7. The summed E-state index contributed by atoms with van der Waals surface area (Å²) in [5.74, 6) is 1.69. The molecule has 6 heteroatoms. The predicted molar refractivity (Wildman–Crippen MR) is 152 cm³/mol. The summed E-state index contributed by atoms with van der Waals surface area (Å²) in [7, 11) is 0. The summed E-state index contributed by atoms with van der Waals surface area (Å²) in [5.41, 5.74) is 5.11. The predicted octanol–water partition coefficient (Wildman–Crippen LogP) is 5.78. The second kappa shape index (κ2) is 10.6. The molecule has 7 rings (SSSR count). The zero-order valence-electron chi connectivity index (χ0n) is 22.2. The van der Waals surface area contributed by atoms with Crippen molar-refractivity contribution in [1.29, 1.82) is 0 Å². The zero-order valence-corrected chi connectivity index (χ0v) is 22.2. The lowest BCUT2D eigenvalue weighted by Gasteiger charge is -2.41. The number of nitrogens with zero attached hydrogens (tertiary/aromatic N) is 2. The largest absolute Gasteiger partial charge is 0.490 e. The number of carbonyl (C=O) groups excluding carboxylic acids is 1.